The smallest absolute Gasteiger partial charge is 0.550 e. The van der Waals surface area contributed by atoms with Gasteiger partial charge in [0.15, 0.2) is 0 Å². The molecule has 0 bridgehead atoms. The Morgan fingerprint density at radius 3 is 1.30 bits per heavy atom. The van der Waals surface area contributed by atoms with Crippen LogP contribution in [0.4, 0.5) is 0 Å². The molecule has 0 rings (SSSR count). The molecular formula is C4H10CuNO4. The molecule has 0 aromatic rings. The molecule has 5 nitrogen and oxygen atoms in total. The summed E-state index contributed by atoms with van der Waals surface area (Å²) in [4.78, 5) is 17.9. The van der Waals surface area contributed by atoms with Crippen molar-refractivity contribution in [1.82, 2.24) is 6.15 Å². The molecule has 0 aromatic carbocycles. The van der Waals surface area contributed by atoms with Crippen LogP contribution in [0.2, 0.25) is 0 Å². The van der Waals surface area contributed by atoms with Crippen molar-refractivity contribution in [2.75, 3.05) is 0 Å². The van der Waals surface area contributed by atoms with Gasteiger partial charge in [0.1, 0.15) is 0 Å². The summed E-state index contributed by atoms with van der Waals surface area (Å²) in [6.45, 7) is 2.06. The van der Waals surface area contributed by atoms with Gasteiger partial charge in [-0.05, 0) is 6.92 Å². The van der Waals surface area contributed by atoms with Crippen molar-refractivity contribution in [3.63, 3.8) is 0 Å². The zero-order valence-corrected chi connectivity index (χ0v) is 6.62. The number of carbonyl (C=O) groups is 2. The Kier molecular flexibility index (Phi) is 35.9. The molecule has 0 saturated heterocycles. The summed E-state index contributed by atoms with van der Waals surface area (Å²) in [5.74, 6) is -1.92. The van der Waals surface area contributed by atoms with Crippen molar-refractivity contribution in [1.29, 1.82) is 0 Å². The number of carboxylic acid groups (broad SMARTS) is 2. The van der Waals surface area contributed by atoms with E-state index >= 15 is 0 Å². The van der Waals surface area contributed by atoms with Crippen LogP contribution in [-0.4, -0.2) is 17.0 Å². The third kappa shape index (κ3) is 907. The van der Waals surface area contributed by atoms with E-state index in [1.165, 1.54) is 0 Å². The van der Waals surface area contributed by atoms with E-state index in [-0.39, 0.29) is 23.2 Å². The van der Waals surface area contributed by atoms with E-state index in [2.05, 4.69) is 0 Å². The quantitative estimate of drug-likeness (QED) is 0.487. The average molecular weight is 200 g/mol. The molecule has 0 spiro atoms. The van der Waals surface area contributed by atoms with Gasteiger partial charge in [-0.3, -0.25) is 4.79 Å². The Labute approximate surface area is 69.5 Å². The first-order chi connectivity index (χ1) is 3.46. The van der Waals surface area contributed by atoms with E-state index in [1.807, 2.05) is 0 Å². The van der Waals surface area contributed by atoms with Crippen LogP contribution in [0, 0.1) is 0 Å². The van der Waals surface area contributed by atoms with Gasteiger partial charge in [-0.25, -0.2) is 0 Å². The van der Waals surface area contributed by atoms with Crippen LogP contribution in [0.25, 0.3) is 0 Å². The molecule has 0 radical (unpaired) electrons. The minimum Gasteiger partial charge on any atom is -0.550 e. The van der Waals surface area contributed by atoms with E-state index in [0.29, 0.717) is 0 Å². The summed E-state index contributed by atoms with van der Waals surface area (Å²) in [6.07, 6.45) is 0. The van der Waals surface area contributed by atoms with Crippen LogP contribution < -0.4 is 11.3 Å². The van der Waals surface area contributed by atoms with Crippen molar-refractivity contribution in [2.45, 2.75) is 13.8 Å². The van der Waals surface area contributed by atoms with Crippen LogP contribution in [0.1, 0.15) is 13.8 Å². The van der Waals surface area contributed by atoms with Crippen LogP contribution in [-0.2, 0) is 26.7 Å². The fourth-order valence-corrected chi connectivity index (χ4v) is 0. The van der Waals surface area contributed by atoms with Crippen molar-refractivity contribution >= 4 is 11.9 Å². The molecule has 0 fully saturated rings. The number of carbonyl (C=O) groups excluding carboxylic acids is 1. The first-order valence-corrected chi connectivity index (χ1v) is 1.84. The SMILES string of the molecule is CC(=O)O.CC(=O)[O-].N.[Cu+]. The van der Waals surface area contributed by atoms with Gasteiger partial charge < -0.3 is 21.2 Å². The maximum Gasteiger partial charge on any atom is 1.00 e. The Morgan fingerprint density at radius 2 is 1.30 bits per heavy atom. The van der Waals surface area contributed by atoms with Gasteiger partial charge in [0.25, 0.3) is 5.97 Å². The summed E-state index contributed by atoms with van der Waals surface area (Å²) in [6, 6.07) is 0. The Balaban J connectivity index is -0.0000000300. The molecule has 0 aliphatic rings. The monoisotopic (exact) mass is 199 g/mol. The number of rotatable bonds is 0. The van der Waals surface area contributed by atoms with Gasteiger partial charge in [0, 0.05) is 12.9 Å². The van der Waals surface area contributed by atoms with Gasteiger partial charge in [-0.1, -0.05) is 0 Å². The third-order valence-electron chi connectivity index (χ3n) is 0. The van der Waals surface area contributed by atoms with E-state index in [1.54, 1.807) is 0 Å². The van der Waals surface area contributed by atoms with Crippen molar-refractivity contribution < 1.29 is 36.9 Å². The Bertz CT molecular complexity index is 75.3. The molecule has 0 aliphatic carbocycles. The summed E-state index contributed by atoms with van der Waals surface area (Å²) in [5, 5.41) is 16.3. The molecule has 66 valence electrons. The number of carboxylic acids is 2. The second-order valence-electron chi connectivity index (χ2n) is 1.01. The van der Waals surface area contributed by atoms with E-state index in [9.17, 15) is 0 Å². The van der Waals surface area contributed by atoms with Crippen molar-refractivity contribution in [2.24, 2.45) is 0 Å². The van der Waals surface area contributed by atoms with Crippen LogP contribution in [0.15, 0.2) is 0 Å². The number of aliphatic carboxylic acids is 2. The minimum atomic E-state index is -1.08. The second-order valence-corrected chi connectivity index (χ2v) is 1.01. The van der Waals surface area contributed by atoms with Crippen LogP contribution in [0.5, 0.6) is 0 Å². The fraction of sp³-hybridized carbons (Fsp3) is 0.500. The van der Waals surface area contributed by atoms with E-state index < -0.39 is 11.9 Å². The summed E-state index contributed by atoms with van der Waals surface area (Å²) < 4.78 is 0. The van der Waals surface area contributed by atoms with Gasteiger partial charge in [0.2, 0.25) is 0 Å². The van der Waals surface area contributed by atoms with Crippen molar-refractivity contribution in [3.05, 3.63) is 0 Å². The molecule has 0 aliphatic heterocycles. The molecule has 0 atom stereocenters. The molecule has 10 heavy (non-hydrogen) atoms. The van der Waals surface area contributed by atoms with Gasteiger partial charge in [0.05, 0.1) is 0 Å². The van der Waals surface area contributed by atoms with Crippen LogP contribution in [0.3, 0.4) is 0 Å². The topological polar surface area (TPSA) is 112 Å². The minimum absolute atomic E-state index is 0. The van der Waals surface area contributed by atoms with Gasteiger partial charge >= 0.3 is 17.1 Å². The van der Waals surface area contributed by atoms with Gasteiger partial charge in [-0.2, -0.15) is 0 Å². The van der Waals surface area contributed by atoms with Gasteiger partial charge in [-0.15, -0.1) is 0 Å². The summed E-state index contributed by atoms with van der Waals surface area (Å²) in [5.41, 5.74) is 0. The predicted octanol–water partition coefficient (Wildman–Crippen LogP) is -0.993. The molecule has 0 saturated carbocycles. The summed E-state index contributed by atoms with van der Waals surface area (Å²) >= 11 is 0. The molecule has 0 unspecified atom stereocenters. The first kappa shape index (κ1) is 22.7. The first-order valence-electron chi connectivity index (χ1n) is 1.84. The fourth-order valence-electron chi connectivity index (χ4n) is 0. The maximum absolute atomic E-state index is 9.00. The average Bonchev–Trinajstić information content (AvgIpc) is 1.25. The molecule has 0 heterocycles. The molecule has 6 heteroatoms. The zero-order valence-electron chi connectivity index (χ0n) is 5.68. The van der Waals surface area contributed by atoms with Crippen LogP contribution >= 0.6 is 0 Å². The van der Waals surface area contributed by atoms with Crippen molar-refractivity contribution in [3.8, 4) is 0 Å². The standard InChI is InChI=1S/2C2H4O2.Cu.H3N/c2*1-2(3)4;;/h2*1H3,(H,3,4);;1H3/q;;+1;/p-1. The zero-order chi connectivity index (χ0) is 7.15. The summed E-state index contributed by atoms with van der Waals surface area (Å²) in [7, 11) is 0. The largest absolute Gasteiger partial charge is 1.00 e. The number of hydrogen-bond donors (Lipinski definition) is 2. The number of hydrogen-bond acceptors (Lipinski definition) is 4. The molecule has 4 N–H and O–H groups in total. The molecular weight excluding hydrogens is 190 g/mol. The normalized spacial score (nSPS) is 5.00. The maximum atomic E-state index is 9.00. The third-order valence-corrected chi connectivity index (χ3v) is 0. The molecule has 0 amide bonds. The van der Waals surface area contributed by atoms with E-state index in [4.69, 9.17) is 19.8 Å². The van der Waals surface area contributed by atoms with E-state index in [0.717, 1.165) is 13.8 Å². The second kappa shape index (κ2) is 15.8. The molecule has 0 aromatic heterocycles. The predicted molar refractivity (Wildman–Crippen MR) is 29.0 cm³/mol. The Hall–Kier alpha value is -0.581. The Morgan fingerprint density at radius 1 is 1.30 bits per heavy atom.